The van der Waals surface area contributed by atoms with E-state index in [4.69, 9.17) is 5.84 Å². The number of amides is 1. The van der Waals surface area contributed by atoms with Crippen molar-refractivity contribution in [2.45, 2.75) is 6.92 Å². The number of hydrogen-bond acceptors (Lipinski definition) is 4. The Kier molecular flexibility index (Phi) is 3.54. The molecule has 1 aromatic carbocycles. The molecular weight excluding hydrogens is 228 g/mol. The van der Waals surface area contributed by atoms with Crippen LogP contribution < -0.4 is 16.6 Å². The van der Waals surface area contributed by atoms with Crippen molar-refractivity contribution >= 4 is 17.4 Å². The van der Waals surface area contributed by atoms with Crippen LogP contribution in [-0.4, -0.2) is 10.9 Å². The maximum absolute atomic E-state index is 12.0. The van der Waals surface area contributed by atoms with Crippen LogP contribution in [0, 0.1) is 6.92 Å². The number of carbonyl (C=O) groups is 1. The summed E-state index contributed by atoms with van der Waals surface area (Å²) in [6.07, 6.45) is 1.70. The second-order valence-electron chi connectivity index (χ2n) is 3.86. The molecule has 1 aromatic heterocycles. The zero-order chi connectivity index (χ0) is 13.0. The summed E-state index contributed by atoms with van der Waals surface area (Å²) < 4.78 is 0. The van der Waals surface area contributed by atoms with Crippen molar-refractivity contribution in [2.24, 2.45) is 5.84 Å². The molecule has 92 valence electrons. The van der Waals surface area contributed by atoms with Crippen LogP contribution in [0.2, 0.25) is 0 Å². The number of nitrogen functional groups attached to an aromatic ring is 1. The molecule has 0 aliphatic rings. The molecule has 0 aliphatic heterocycles. The molecule has 0 atom stereocenters. The number of nitrogens with two attached hydrogens (primary N) is 1. The Labute approximate surface area is 105 Å². The Bertz CT molecular complexity index is 551. The number of nitrogens with one attached hydrogen (secondary N) is 2. The van der Waals surface area contributed by atoms with E-state index in [9.17, 15) is 4.79 Å². The smallest absolute Gasteiger partial charge is 0.258 e. The van der Waals surface area contributed by atoms with Crippen molar-refractivity contribution in [1.82, 2.24) is 4.98 Å². The SMILES string of the molecule is Cc1ccc(NC(=O)c2ccccc2NN)nc1. The first-order chi connectivity index (χ1) is 8.70. The van der Waals surface area contributed by atoms with Gasteiger partial charge in [-0.3, -0.25) is 10.6 Å². The second kappa shape index (κ2) is 5.29. The van der Waals surface area contributed by atoms with Crippen LogP contribution in [0.1, 0.15) is 15.9 Å². The standard InChI is InChI=1S/C13H14N4O/c1-9-6-7-12(15-8-9)16-13(18)10-4-2-3-5-11(10)17-14/h2-8,17H,14H2,1H3,(H,15,16,18). The van der Waals surface area contributed by atoms with Gasteiger partial charge in [0.05, 0.1) is 11.3 Å². The van der Waals surface area contributed by atoms with E-state index in [1.54, 1.807) is 36.5 Å². The van der Waals surface area contributed by atoms with Crippen LogP contribution in [0.4, 0.5) is 11.5 Å². The molecule has 0 bridgehead atoms. The van der Waals surface area contributed by atoms with Gasteiger partial charge >= 0.3 is 0 Å². The highest BCUT2D eigenvalue weighted by Gasteiger charge is 2.10. The minimum Gasteiger partial charge on any atom is -0.323 e. The normalized spacial score (nSPS) is 9.89. The molecule has 0 saturated heterocycles. The highest BCUT2D eigenvalue weighted by Crippen LogP contribution is 2.15. The summed E-state index contributed by atoms with van der Waals surface area (Å²) in [6.45, 7) is 1.94. The summed E-state index contributed by atoms with van der Waals surface area (Å²) in [7, 11) is 0. The maximum Gasteiger partial charge on any atom is 0.258 e. The van der Waals surface area contributed by atoms with Crippen molar-refractivity contribution in [1.29, 1.82) is 0 Å². The molecule has 18 heavy (non-hydrogen) atoms. The lowest BCUT2D eigenvalue weighted by molar-refractivity contribution is 0.102. The zero-order valence-electron chi connectivity index (χ0n) is 9.97. The minimum absolute atomic E-state index is 0.250. The van der Waals surface area contributed by atoms with E-state index in [2.05, 4.69) is 15.7 Å². The Hall–Kier alpha value is -2.40. The monoisotopic (exact) mass is 242 g/mol. The number of hydrazine groups is 1. The first kappa shape index (κ1) is 12.1. The highest BCUT2D eigenvalue weighted by atomic mass is 16.1. The molecule has 0 aliphatic carbocycles. The van der Waals surface area contributed by atoms with Crippen LogP contribution >= 0.6 is 0 Å². The summed E-state index contributed by atoms with van der Waals surface area (Å²) >= 11 is 0. The zero-order valence-corrected chi connectivity index (χ0v) is 9.97. The summed E-state index contributed by atoms with van der Waals surface area (Å²) in [5.41, 5.74) is 4.57. The van der Waals surface area contributed by atoms with Crippen LogP contribution in [0.3, 0.4) is 0 Å². The molecule has 2 aromatic rings. The number of benzene rings is 1. The molecule has 5 nitrogen and oxygen atoms in total. The molecule has 0 spiro atoms. The lowest BCUT2D eigenvalue weighted by Crippen LogP contribution is -2.17. The average Bonchev–Trinajstić information content (AvgIpc) is 2.41. The van der Waals surface area contributed by atoms with Gasteiger partial charge in [0.25, 0.3) is 5.91 Å². The van der Waals surface area contributed by atoms with Gasteiger partial charge in [-0.1, -0.05) is 18.2 Å². The van der Waals surface area contributed by atoms with E-state index >= 15 is 0 Å². The summed E-state index contributed by atoms with van der Waals surface area (Å²) in [5.74, 6) is 5.62. The number of aryl methyl sites for hydroxylation is 1. The van der Waals surface area contributed by atoms with Gasteiger partial charge in [0.2, 0.25) is 0 Å². The first-order valence-electron chi connectivity index (χ1n) is 5.50. The van der Waals surface area contributed by atoms with Gasteiger partial charge in [-0.2, -0.15) is 0 Å². The predicted molar refractivity (Wildman–Crippen MR) is 71.2 cm³/mol. The third-order valence-electron chi connectivity index (χ3n) is 2.48. The van der Waals surface area contributed by atoms with E-state index in [-0.39, 0.29) is 5.91 Å². The molecule has 5 heteroatoms. The number of pyridine rings is 1. The van der Waals surface area contributed by atoms with E-state index in [0.717, 1.165) is 5.56 Å². The fourth-order valence-corrected chi connectivity index (χ4v) is 1.53. The quantitative estimate of drug-likeness (QED) is 0.567. The van der Waals surface area contributed by atoms with Gasteiger partial charge in [0.15, 0.2) is 0 Å². The van der Waals surface area contributed by atoms with Gasteiger partial charge < -0.3 is 10.7 Å². The van der Waals surface area contributed by atoms with Crippen molar-refractivity contribution in [3.63, 3.8) is 0 Å². The van der Waals surface area contributed by atoms with Crippen molar-refractivity contribution in [2.75, 3.05) is 10.7 Å². The number of rotatable bonds is 3. The van der Waals surface area contributed by atoms with E-state index in [0.29, 0.717) is 17.1 Å². The number of anilines is 2. The average molecular weight is 242 g/mol. The van der Waals surface area contributed by atoms with Crippen LogP contribution in [0.25, 0.3) is 0 Å². The third kappa shape index (κ3) is 2.64. The topological polar surface area (TPSA) is 80.0 Å². The van der Waals surface area contributed by atoms with Gasteiger partial charge in [-0.25, -0.2) is 4.98 Å². The van der Waals surface area contributed by atoms with Crippen LogP contribution in [0.5, 0.6) is 0 Å². The Balaban J connectivity index is 2.19. The highest BCUT2D eigenvalue weighted by molar-refractivity contribution is 6.07. The Morgan fingerprint density at radius 2 is 2.00 bits per heavy atom. The molecule has 1 amide bonds. The maximum atomic E-state index is 12.0. The fourth-order valence-electron chi connectivity index (χ4n) is 1.53. The number of carbonyl (C=O) groups excluding carboxylic acids is 1. The van der Waals surface area contributed by atoms with Crippen LogP contribution in [-0.2, 0) is 0 Å². The van der Waals surface area contributed by atoms with Crippen molar-refractivity contribution in [3.05, 3.63) is 53.7 Å². The van der Waals surface area contributed by atoms with E-state index < -0.39 is 0 Å². The largest absolute Gasteiger partial charge is 0.323 e. The second-order valence-corrected chi connectivity index (χ2v) is 3.86. The molecule has 1 heterocycles. The number of nitrogens with zero attached hydrogens (tertiary/aromatic N) is 1. The van der Waals surface area contributed by atoms with Gasteiger partial charge in [0, 0.05) is 6.20 Å². The van der Waals surface area contributed by atoms with Gasteiger partial charge in [-0.05, 0) is 30.7 Å². The molecule has 2 rings (SSSR count). The molecule has 0 radical (unpaired) electrons. The predicted octanol–water partition coefficient (Wildman–Crippen LogP) is 1.93. The molecular formula is C13H14N4O. The third-order valence-corrected chi connectivity index (χ3v) is 2.48. The number of hydrogen-bond donors (Lipinski definition) is 3. The summed E-state index contributed by atoms with van der Waals surface area (Å²) in [4.78, 5) is 16.1. The Morgan fingerprint density at radius 1 is 1.22 bits per heavy atom. The number of aromatic nitrogens is 1. The Morgan fingerprint density at radius 3 is 2.67 bits per heavy atom. The fraction of sp³-hybridized carbons (Fsp3) is 0.0769. The van der Waals surface area contributed by atoms with Gasteiger partial charge in [-0.15, -0.1) is 0 Å². The first-order valence-corrected chi connectivity index (χ1v) is 5.50. The van der Waals surface area contributed by atoms with Crippen molar-refractivity contribution < 1.29 is 4.79 Å². The molecule has 4 N–H and O–H groups in total. The summed E-state index contributed by atoms with van der Waals surface area (Å²) in [6, 6.07) is 10.6. The van der Waals surface area contributed by atoms with E-state index in [1.807, 2.05) is 13.0 Å². The van der Waals surface area contributed by atoms with Crippen molar-refractivity contribution in [3.8, 4) is 0 Å². The molecule has 0 unspecified atom stereocenters. The molecule has 0 saturated carbocycles. The number of para-hydroxylation sites is 1. The lowest BCUT2D eigenvalue weighted by atomic mass is 10.1. The molecule has 0 fully saturated rings. The lowest BCUT2D eigenvalue weighted by Gasteiger charge is -2.08. The van der Waals surface area contributed by atoms with Gasteiger partial charge in [0.1, 0.15) is 5.82 Å². The van der Waals surface area contributed by atoms with Crippen LogP contribution in [0.15, 0.2) is 42.6 Å². The van der Waals surface area contributed by atoms with E-state index in [1.165, 1.54) is 0 Å². The summed E-state index contributed by atoms with van der Waals surface area (Å²) in [5, 5.41) is 2.71. The minimum atomic E-state index is -0.250.